The molecule has 3 rings (SSSR count). The lowest BCUT2D eigenvalue weighted by Crippen LogP contribution is -2.50. The van der Waals surface area contributed by atoms with Crippen LogP contribution < -0.4 is 10.6 Å². The van der Waals surface area contributed by atoms with E-state index in [0.29, 0.717) is 37.6 Å². The standard InChI is InChI=1S/C16H20N4O2/c17-14(21)13-6-3-7-18-15(13)19-8-10-20(11-9-19)16(22)12-4-1-2-5-12/h1-3,6-7,12H,4-5,8-11H2,(H2,17,21). The van der Waals surface area contributed by atoms with Crippen molar-refractivity contribution in [3.8, 4) is 0 Å². The Morgan fingerprint density at radius 1 is 1.14 bits per heavy atom. The molecule has 1 aliphatic carbocycles. The summed E-state index contributed by atoms with van der Waals surface area (Å²) in [7, 11) is 0. The van der Waals surface area contributed by atoms with Crippen molar-refractivity contribution >= 4 is 17.6 Å². The Morgan fingerprint density at radius 2 is 1.82 bits per heavy atom. The minimum Gasteiger partial charge on any atom is -0.365 e. The minimum absolute atomic E-state index is 0.114. The van der Waals surface area contributed by atoms with Gasteiger partial charge in [0.05, 0.1) is 5.56 Å². The second-order valence-electron chi connectivity index (χ2n) is 5.69. The Bertz CT molecular complexity index is 598. The van der Waals surface area contributed by atoms with Crippen LogP contribution >= 0.6 is 0 Å². The summed E-state index contributed by atoms with van der Waals surface area (Å²) in [5.41, 5.74) is 5.84. The third-order valence-corrected chi connectivity index (χ3v) is 4.30. The zero-order valence-electron chi connectivity index (χ0n) is 12.4. The number of nitrogens with zero attached hydrogens (tertiary/aromatic N) is 3. The number of allylic oxidation sites excluding steroid dienone is 2. The first-order valence-corrected chi connectivity index (χ1v) is 7.60. The van der Waals surface area contributed by atoms with Crippen LogP contribution in [-0.2, 0) is 4.79 Å². The maximum atomic E-state index is 12.4. The summed E-state index contributed by atoms with van der Waals surface area (Å²) >= 11 is 0. The van der Waals surface area contributed by atoms with Crippen LogP contribution in [0.25, 0.3) is 0 Å². The van der Waals surface area contributed by atoms with E-state index < -0.39 is 5.91 Å². The highest BCUT2D eigenvalue weighted by Gasteiger charge is 2.28. The van der Waals surface area contributed by atoms with Gasteiger partial charge in [0.15, 0.2) is 0 Å². The highest BCUT2D eigenvalue weighted by molar-refractivity contribution is 5.97. The second kappa shape index (κ2) is 6.17. The predicted octanol–water partition coefficient (Wildman–Crippen LogP) is 0.795. The fraction of sp³-hybridized carbons (Fsp3) is 0.438. The number of hydrogen-bond donors (Lipinski definition) is 1. The van der Waals surface area contributed by atoms with Crippen LogP contribution in [-0.4, -0.2) is 47.9 Å². The van der Waals surface area contributed by atoms with E-state index in [-0.39, 0.29) is 11.8 Å². The molecule has 0 atom stereocenters. The number of nitrogens with two attached hydrogens (primary N) is 1. The Kier molecular flexibility index (Phi) is 4.09. The molecule has 6 heteroatoms. The van der Waals surface area contributed by atoms with E-state index in [1.165, 1.54) is 0 Å². The monoisotopic (exact) mass is 300 g/mol. The van der Waals surface area contributed by atoms with E-state index in [4.69, 9.17) is 5.73 Å². The maximum absolute atomic E-state index is 12.4. The highest BCUT2D eigenvalue weighted by atomic mass is 16.2. The number of aromatic nitrogens is 1. The van der Waals surface area contributed by atoms with Crippen LogP contribution in [0.3, 0.4) is 0 Å². The average molecular weight is 300 g/mol. The molecule has 0 unspecified atom stereocenters. The largest absolute Gasteiger partial charge is 0.365 e. The molecule has 1 aromatic rings. The van der Waals surface area contributed by atoms with E-state index in [2.05, 4.69) is 17.1 Å². The van der Waals surface area contributed by atoms with E-state index in [1.807, 2.05) is 9.80 Å². The number of piperazine rings is 1. The normalized spacial score (nSPS) is 18.7. The molecule has 0 spiro atoms. The summed E-state index contributed by atoms with van der Waals surface area (Å²) in [6.07, 6.45) is 7.51. The first-order chi connectivity index (χ1) is 10.7. The van der Waals surface area contributed by atoms with Gasteiger partial charge in [-0.15, -0.1) is 0 Å². The van der Waals surface area contributed by atoms with Gasteiger partial charge in [-0.05, 0) is 25.0 Å². The van der Waals surface area contributed by atoms with Crippen molar-refractivity contribution in [2.45, 2.75) is 12.8 Å². The summed E-state index contributed by atoms with van der Waals surface area (Å²) in [6, 6.07) is 3.39. The number of hydrogen-bond acceptors (Lipinski definition) is 4. The number of rotatable bonds is 3. The molecule has 1 aliphatic heterocycles. The molecule has 0 aromatic carbocycles. The van der Waals surface area contributed by atoms with Crippen LogP contribution in [0.1, 0.15) is 23.2 Å². The number of amides is 2. The van der Waals surface area contributed by atoms with Crippen LogP contribution in [0.2, 0.25) is 0 Å². The average Bonchev–Trinajstić information content (AvgIpc) is 3.09. The molecule has 2 N–H and O–H groups in total. The molecule has 0 bridgehead atoms. The van der Waals surface area contributed by atoms with Gasteiger partial charge in [-0.2, -0.15) is 0 Å². The van der Waals surface area contributed by atoms with Crippen molar-refractivity contribution in [3.63, 3.8) is 0 Å². The van der Waals surface area contributed by atoms with Crippen LogP contribution in [0.15, 0.2) is 30.5 Å². The van der Waals surface area contributed by atoms with E-state index in [9.17, 15) is 9.59 Å². The van der Waals surface area contributed by atoms with Crippen molar-refractivity contribution in [1.82, 2.24) is 9.88 Å². The van der Waals surface area contributed by atoms with Crippen molar-refractivity contribution in [2.75, 3.05) is 31.1 Å². The topological polar surface area (TPSA) is 79.5 Å². The number of pyridine rings is 1. The second-order valence-corrected chi connectivity index (χ2v) is 5.69. The van der Waals surface area contributed by atoms with Gasteiger partial charge >= 0.3 is 0 Å². The molecule has 116 valence electrons. The molecule has 6 nitrogen and oxygen atoms in total. The molecule has 1 fully saturated rings. The predicted molar refractivity (Wildman–Crippen MR) is 83.4 cm³/mol. The van der Waals surface area contributed by atoms with Gasteiger partial charge in [-0.1, -0.05) is 12.2 Å². The molecule has 22 heavy (non-hydrogen) atoms. The molecule has 0 saturated carbocycles. The van der Waals surface area contributed by atoms with Crippen molar-refractivity contribution in [2.24, 2.45) is 11.7 Å². The number of anilines is 1. The van der Waals surface area contributed by atoms with Gasteiger partial charge in [0.2, 0.25) is 5.91 Å². The number of carbonyl (C=O) groups is 2. The Hall–Kier alpha value is -2.37. The minimum atomic E-state index is -0.473. The van der Waals surface area contributed by atoms with Crippen molar-refractivity contribution in [3.05, 3.63) is 36.0 Å². The van der Waals surface area contributed by atoms with E-state index in [1.54, 1.807) is 18.3 Å². The smallest absolute Gasteiger partial charge is 0.252 e. The van der Waals surface area contributed by atoms with Crippen molar-refractivity contribution < 1.29 is 9.59 Å². The lowest BCUT2D eigenvalue weighted by molar-refractivity contribution is -0.135. The number of primary amides is 1. The Balaban J connectivity index is 1.64. The molecular formula is C16H20N4O2. The van der Waals surface area contributed by atoms with Gasteiger partial charge in [0.1, 0.15) is 5.82 Å². The van der Waals surface area contributed by atoms with Crippen LogP contribution in [0.5, 0.6) is 0 Å². The van der Waals surface area contributed by atoms with Gasteiger partial charge in [-0.3, -0.25) is 9.59 Å². The summed E-state index contributed by atoms with van der Waals surface area (Å²) in [5.74, 6) is 0.492. The van der Waals surface area contributed by atoms with Crippen LogP contribution in [0.4, 0.5) is 5.82 Å². The summed E-state index contributed by atoms with van der Waals surface area (Å²) in [4.78, 5) is 32.1. The van der Waals surface area contributed by atoms with Gasteiger partial charge in [-0.25, -0.2) is 4.98 Å². The van der Waals surface area contributed by atoms with Gasteiger partial charge in [0, 0.05) is 38.3 Å². The van der Waals surface area contributed by atoms with E-state index >= 15 is 0 Å². The molecule has 1 saturated heterocycles. The fourth-order valence-corrected chi connectivity index (χ4v) is 3.06. The summed E-state index contributed by atoms with van der Waals surface area (Å²) in [5, 5.41) is 0. The van der Waals surface area contributed by atoms with Crippen LogP contribution in [0, 0.1) is 5.92 Å². The molecule has 1 aromatic heterocycles. The Labute approximate surface area is 129 Å². The SMILES string of the molecule is NC(=O)c1cccnc1N1CCN(C(=O)C2CC=CC2)CC1. The zero-order chi connectivity index (χ0) is 15.5. The third-order valence-electron chi connectivity index (χ3n) is 4.30. The molecule has 0 radical (unpaired) electrons. The number of carbonyl (C=O) groups excluding carboxylic acids is 2. The summed E-state index contributed by atoms with van der Waals surface area (Å²) in [6.45, 7) is 2.65. The van der Waals surface area contributed by atoms with Gasteiger partial charge in [0.25, 0.3) is 5.91 Å². The Morgan fingerprint density at radius 3 is 2.45 bits per heavy atom. The molecule has 2 amide bonds. The van der Waals surface area contributed by atoms with Crippen molar-refractivity contribution in [1.29, 1.82) is 0 Å². The molecule has 2 heterocycles. The van der Waals surface area contributed by atoms with Gasteiger partial charge < -0.3 is 15.5 Å². The lowest BCUT2D eigenvalue weighted by Gasteiger charge is -2.37. The summed E-state index contributed by atoms with van der Waals surface area (Å²) < 4.78 is 0. The maximum Gasteiger partial charge on any atom is 0.252 e. The molecular weight excluding hydrogens is 280 g/mol. The first kappa shape index (κ1) is 14.6. The highest BCUT2D eigenvalue weighted by Crippen LogP contribution is 2.23. The first-order valence-electron chi connectivity index (χ1n) is 7.60. The quantitative estimate of drug-likeness (QED) is 0.837. The third kappa shape index (κ3) is 2.81. The fourth-order valence-electron chi connectivity index (χ4n) is 3.06. The zero-order valence-corrected chi connectivity index (χ0v) is 12.4. The van der Waals surface area contributed by atoms with E-state index in [0.717, 1.165) is 12.8 Å². The molecule has 2 aliphatic rings. The lowest BCUT2D eigenvalue weighted by atomic mass is 10.1.